The normalized spacial score (nSPS) is 18.6. The molecular formula is C85H115Br3F9K2N3O16. The molecule has 5 aromatic carbocycles. The number of carbonyl (C=O) groups excluding carboxylic acids is 4. The Balaban J connectivity index is -0.000000649. The fourth-order valence-corrected chi connectivity index (χ4v) is 12.9. The molecule has 1 heterocycles. The monoisotopic (exact) mass is 1920 g/mol. The van der Waals surface area contributed by atoms with Crippen LogP contribution in [0.25, 0.3) is 12.2 Å². The molecule has 5 aromatic rings. The molecule has 652 valence electrons. The Morgan fingerprint density at radius 1 is 0.542 bits per heavy atom. The molecule has 3 saturated carbocycles. The van der Waals surface area contributed by atoms with Gasteiger partial charge in [-0.3, -0.25) is 14.4 Å². The average molecular weight is 1920 g/mol. The van der Waals surface area contributed by atoms with Crippen LogP contribution in [0.4, 0.5) is 39.5 Å². The first-order valence-corrected chi connectivity index (χ1v) is 40.3. The summed E-state index contributed by atoms with van der Waals surface area (Å²) >= 11 is 9.86. The van der Waals surface area contributed by atoms with Crippen LogP contribution in [-0.2, 0) is 33.5 Å². The Labute approximate surface area is 799 Å². The molecule has 118 heavy (non-hydrogen) atoms. The van der Waals surface area contributed by atoms with Crippen molar-refractivity contribution in [1.82, 2.24) is 0 Å². The average Bonchev–Trinajstić information content (AvgIpc) is 1.06. The summed E-state index contributed by atoms with van der Waals surface area (Å²) in [5.41, 5.74) is 16.5. The number of hydrogen-bond acceptors (Lipinski definition) is 19. The van der Waals surface area contributed by atoms with Crippen LogP contribution in [0.1, 0.15) is 233 Å². The number of halogens is 12. The Bertz CT molecular complexity index is 3640. The third-order valence-electron chi connectivity index (χ3n) is 17.9. The number of carbonyl (C=O) groups is 4. The van der Waals surface area contributed by atoms with Gasteiger partial charge < -0.3 is 73.4 Å². The van der Waals surface area contributed by atoms with E-state index < -0.39 is 79.4 Å². The molecular weight excluding hydrogens is 1810 g/mol. The second kappa shape index (κ2) is 69.0. The van der Waals surface area contributed by atoms with Gasteiger partial charge in [0, 0.05) is 57.2 Å². The Morgan fingerprint density at radius 2 is 0.856 bits per heavy atom. The summed E-state index contributed by atoms with van der Waals surface area (Å²) in [6.07, 6.45) is 7.12. The van der Waals surface area contributed by atoms with Crippen molar-refractivity contribution in [2.24, 2.45) is 29.2 Å². The third-order valence-corrected chi connectivity index (χ3v) is 19.4. The predicted molar refractivity (Wildman–Crippen MR) is 437 cm³/mol. The smallest absolute Gasteiger partial charge is 1.00 e. The molecule has 1 saturated heterocycles. The van der Waals surface area contributed by atoms with Crippen LogP contribution in [0, 0.1) is 29.1 Å². The van der Waals surface area contributed by atoms with Crippen molar-refractivity contribution in [2.45, 2.75) is 229 Å². The fraction of sp³-hybridized carbons (Fsp3) is 0.518. The molecule has 0 aromatic heterocycles. The summed E-state index contributed by atoms with van der Waals surface area (Å²) in [5.74, 6) is -4.87. The van der Waals surface area contributed by atoms with Crippen molar-refractivity contribution in [1.29, 1.82) is 5.26 Å². The number of esters is 1. The van der Waals surface area contributed by atoms with Gasteiger partial charge in [-0.15, -0.1) is 6.58 Å². The summed E-state index contributed by atoms with van der Waals surface area (Å²) < 4.78 is 117. The van der Waals surface area contributed by atoms with E-state index in [1.165, 1.54) is 39.0 Å². The van der Waals surface area contributed by atoms with E-state index >= 15 is 0 Å². The van der Waals surface area contributed by atoms with Gasteiger partial charge in [0.05, 0.1) is 67.9 Å². The number of ketones is 2. The SMILES string of the molecule is C.C1CCOC1.C=CC1CCCCC1O.CCOC(=O)C(F)(F)F.N#CCC(O)c1cccc(Br)c1.NCCC(O)c1cccc(/C=C/C2CCCCC2O)c1.NCCC(O)c1cccc(Br)c1.O=C(CCCC(O)c1cccc(/C=C/C2CCCCC2O)c1)C(F)(F)F.O=C(CCCC(O)c1cccc(Br)c1)C(F)(F)F.O=CO[O-].[H-].[K+].[K+]. The van der Waals surface area contributed by atoms with Crippen molar-refractivity contribution < 1.29 is 223 Å². The number of aliphatic hydroxyl groups is 8. The molecule has 11 unspecified atom stereocenters. The zero-order chi connectivity index (χ0) is 86.4. The topological polar surface area (TPSA) is 357 Å². The Morgan fingerprint density at radius 3 is 1.11 bits per heavy atom. The minimum atomic E-state index is -4.85. The number of hydrogen-bond donors (Lipinski definition) is 10. The van der Waals surface area contributed by atoms with Gasteiger partial charge in [-0.1, -0.05) is 197 Å². The molecule has 1 aliphatic heterocycles. The van der Waals surface area contributed by atoms with Crippen molar-refractivity contribution in [3.8, 4) is 6.07 Å². The van der Waals surface area contributed by atoms with Crippen LogP contribution < -0.4 is 119 Å². The summed E-state index contributed by atoms with van der Waals surface area (Å²) in [7, 11) is 0. The van der Waals surface area contributed by atoms with E-state index in [1.807, 2.05) is 97.1 Å². The maximum absolute atomic E-state index is 12.2. The number of alkyl halides is 9. The minimum Gasteiger partial charge on any atom is -1.00 e. The number of nitrogens with two attached hydrogens (primary N) is 2. The van der Waals surface area contributed by atoms with Crippen molar-refractivity contribution >= 4 is 83.9 Å². The van der Waals surface area contributed by atoms with E-state index in [1.54, 1.807) is 48.5 Å². The van der Waals surface area contributed by atoms with Gasteiger partial charge in [0.1, 0.15) is 0 Å². The zero-order valence-corrected chi connectivity index (χ0v) is 77.4. The van der Waals surface area contributed by atoms with Gasteiger partial charge in [0.15, 0.2) is 0 Å². The van der Waals surface area contributed by atoms with E-state index in [2.05, 4.69) is 76.1 Å². The van der Waals surface area contributed by atoms with Crippen LogP contribution in [0.5, 0.6) is 0 Å². The molecule has 0 spiro atoms. The van der Waals surface area contributed by atoms with Gasteiger partial charge in [-0.25, -0.2) is 4.79 Å². The van der Waals surface area contributed by atoms with Crippen molar-refractivity contribution in [3.63, 3.8) is 0 Å². The molecule has 0 amide bonds. The quantitative estimate of drug-likeness (QED) is 0.00493. The number of aliphatic hydroxyl groups excluding tert-OH is 8. The second-order valence-electron chi connectivity index (χ2n) is 27.0. The molecule has 9 rings (SSSR count). The van der Waals surface area contributed by atoms with Gasteiger partial charge in [-0.05, 0) is 197 Å². The molecule has 11 atom stereocenters. The number of ether oxygens (including phenoxy) is 2. The molecule has 4 aliphatic rings. The van der Waals surface area contributed by atoms with Crippen LogP contribution in [0.3, 0.4) is 0 Å². The van der Waals surface area contributed by atoms with E-state index in [0.717, 1.165) is 112 Å². The van der Waals surface area contributed by atoms with E-state index in [-0.39, 0.29) is 187 Å². The zero-order valence-electron chi connectivity index (χ0n) is 67.3. The molecule has 0 radical (unpaired) electrons. The number of Topliss-reactive ketones (excluding diaryl/α,β-unsaturated/α-hetero) is 2. The number of benzene rings is 5. The summed E-state index contributed by atoms with van der Waals surface area (Å²) in [4.78, 5) is 42.5. The van der Waals surface area contributed by atoms with E-state index in [4.69, 9.17) is 31.5 Å². The summed E-state index contributed by atoms with van der Waals surface area (Å²) in [6, 6.07) is 38.8. The predicted octanol–water partition coefficient (Wildman–Crippen LogP) is 12.1. The molecule has 4 fully saturated rings. The fourth-order valence-electron chi connectivity index (χ4n) is 11.6. The van der Waals surface area contributed by atoms with Crippen LogP contribution in [0.15, 0.2) is 160 Å². The van der Waals surface area contributed by atoms with Gasteiger partial charge >= 0.3 is 127 Å². The molecule has 19 nitrogen and oxygen atoms in total. The molecule has 3 aliphatic carbocycles. The van der Waals surface area contributed by atoms with Gasteiger partial charge in [0.2, 0.25) is 11.6 Å². The minimum absolute atomic E-state index is 0. The van der Waals surface area contributed by atoms with Crippen LogP contribution >= 0.6 is 47.8 Å². The molecule has 0 bridgehead atoms. The van der Waals surface area contributed by atoms with Crippen molar-refractivity contribution in [2.75, 3.05) is 32.9 Å². The first-order valence-electron chi connectivity index (χ1n) is 37.9. The van der Waals surface area contributed by atoms with Crippen molar-refractivity contribution in [3.05, 3.63) is 198 Å². The van der Waals surface area contributed by atoms with Crippen LogP contribution in [-0.4, -0.2) is 135 Å². The first kappa shape index (κ1) is 119. The Kier molecular flexibility index (Phi) is 69.5. The van der Waals surface area contributed by atoms with E-state index in [9.17, 15) is 94.7 Å². The second-order valence-corrected chi connectivity index (χ2v) is 29.7. The molecule has 33 heteroatoms. The third kappa shape index (κ3) is 55.1. The van der Waals surface area contributed by atoms with Gasteiger partial charge in [0.25, 0.3) is 6.47 Å². The van der Waals surface area contributed by atoms with Gasteiger partial charge in [-0.2, -0.15) is 44.8 Å². The largest absolute Gasteiger partial charge is 1.00 e. The maximum atomic E-state index is 12.2. The summed E-state index contributed by atoms with van der Waals surface area (Å²) in [6.45, 7) is 7.54. The maximum Gasteiger partial charge on any atom is 1.00 e. The summed E-state index contributed by atoms with van der Waals surface area (Å²) in [5, 5.41) is 94.8. The Hall–Kier alpha value is -3.31. The number of nitrogens with zero attached hydrogens (tertiary/aromatic N) is 1. The number of rotatable bonds is 25. The first-order chi connectivity index (χ1) is 54.5. The molecule has 12 N–H and O–H groups in total. The standard InChI is InChI=1S/C20H25F3O3.C17H25NO2.C12H12BrF3O2.C9H12BrNO.C9H8BrNO.C8H14O.C4H5F3O2.C4H8O.CH2O3.CH4.2K.H/c21-20(22,23)19(26)10-4-9-18(25)16-7-3-5-14(13-16)11-12-15-6-1-2-8-17(15)24;18-11-10-17(20)15-6-3-4-13(12-15)8-9-14-5-1-2-7-16(14)19;13-9-4-1-3-8(7-9)10(17)5-2-6-11(18)12(14,15)16;2*10-8-3-1-2-7(6-8)9(12)4-5-11;1-2-7-5-3-4-6-8(7)9;1-2-9-3(8)4(5,6)7;1-2-4-5-3-1;2-1-4-3;;;;/h3,5,7,11-13,15,17-18,24-25H,1-2,4,6,8-10H2;3-4,6,8-9,12,14,16-17,19-20H,1-2,5,7,10-11,18H2;1,3-4,7,10,17H,2,5-6H2;1-3,6,9,12H,4-5,11H2;1-3,6,9,12H,4H2;2,7-9H,1,3-6H2;2H2,1H3;1-4H2;1,3H;1H4;;;/q;;;;;;;;;;2*+1;-1/p-1/b12-11+;9-8+;;;;;;;;;;;. The van der Waals surface area contributed by atoms with E-state index in [0.29, 0.717) is 43.0 Å². The van der Waals surface area contributed by atoms with Crippen LogP contribution in [0.2, 0.25) is 0 Å². The number of nitriles is 1.